The van der Waals surface area contributed by atoms with Crippen LogP contribution in [0.2, 0.25) is 0 Å². The number of carbonyl (C=O) groups is 1. The lowest BCUT2D eigenvalue weighted by atomic mass is 10.2. The molecule has 0 bridgehead atoms. The minimum Gasteiger partial charge on any atom is -0.508 e. The van der Waals surface area contributed by atoms with E-state index in [1.807, 2.05) is 59.2 Å². The van der Waals surface area contributed by atoms with Gasteiger partial charge >= 0.3 is 0 Å². The van der Waals surface area contributed by atoms with Crippen molar-refractivity contribution in [2.45, 2.75) is 5.16 Å². The summed E-state index contributed by atoms with van der Waals surface area (Å²) >= 11 is 4.68. The number of hydrogen-bond donors (Lipinski definition) is 3. The molecule has 0 saturated heterocycles. The summed E-state index contributed by atoms with van der Waals surface area (Å²) in [6.07, 6.45) is 1.30. The smallest absolute Gasteiger partial charge is 0.250 e. The van der Waals surface area contributed by atoms with Gasteiger partial charge in [0.2, 0.25) is 0 Å². The highest BCUT2D eigenvalue weighted by molar-refractivity contribution is 9.10. The summed E-state index contributed by atoms with van der Waals surface area (Å²) < 4.78 is 2.85. The highest BCUT2D eigenvalue weighted by atomic mass is 79.9. The molecule has 0 aliphatic heterocycles. The van der Waals surface area contributed by atoms with Gasteiger partial charge in [0.25, 0.3) is 5.91 Å². The topological polar surface area (TPSA) is 113 Å². The molecule has 8 nitrogen and oxygen atoms in total. The van der Waals surface area contributed by atoms with Crippen molar-refractivity contribution in [3.05, 3.63) is 82.8 Å². The number of aromatic nitrogens is 3. The Morgan fingerprint density at radius 1 is 1.06 bits per heavy atom. The molecule has 0 saturated carbocycles. The third-order valence-electron chi connectivity index (χ3n) is 4.49. The fourth-order valence-corrected chi connectivity index (χ4v) is 3.95. The standard InChI is InChI=1S/C23H18BrN5O3S/c24-17-7-9-18(10-8-17)29-22(15-4-2-1-3-5-15)27-28-23(29)33-14-21(32)26-25-13-16-6-11-19(30)12-20(16)31/h1-13,30-31H,14H2,(H,26,32). The average molecular weight is 524 g/mol. The number of halogens is 1. The Balaban J connectivity index is 1.49. The summed E-state index contributed by atoms with van der Waals surface area (Å²) in [5, 5.41) is 32.2. The molecule has 1 aromatic heterocycles. The van der Waals surface area contributed by atoms with Crippen molar-refractivity contribution < 1.29 is 15.0 Å². The van der Waals surface area contributed by atoms with Crippen molar-refractivity contribution in [3.63, 3.8) is 0 Å². The molecule has 0 unspecified atom stereocenters. The Bertz CT molecular complexity index is 1290. The molecule has 0 radical (unpaired) electrons. The number of hydrazone groups is 1. The lowest BCUT2D eigenvalue weighted by Gasteiger charge is -2.10. The molecule has 166 valence electrons. The zero-order valence-electron chi connectivity index (χ0n) is 17.1. The Kier molecular flexibility index (Phi) is 7.06. The number of benzene rings is 3. The number of nitrogens with zero attached hydrogens (tertiary/aromatic N) is 4. The summed E-state index contributed by atoms with van der Waals surface area (Å²) in [5.74, 6) is 0.179. The van der Waals surface area contributed by atoms with Crippen LogP contribution < -0.4 is 5.43 Å². The number of thioether (sulfide) groups is 1. The lowest BCUT2D eigenvalue weighted by Crippen LogP contribution is -2.20. The minimum atomic E-state index is -0.346. The van der Waals surface area contributed by atoms with Gasteiger partial charge in [-0.3, -0.25) is 9.36 Å². The predicted molar refractivity (Wildman–Crippen MR) is 131 cm³/mol. The van der Waals surface area contributed by atoms with Crippen LogP contribution >= 0.6 is 27.7 Å². The molecule has 0 aliphatic rings. The van der Waals surface area contributed by atoms with Crippen LogP contribution in [0.15, 0.2) is 87.5 Å². The second-order valence-corrected chi connectivity index (χ2v) is 8.67. The van der Waals surface area contributed by atoms with E-state index >= 15 is 0 Å². The molecular weight excluding hydrogens is 506 g/mol. The van der Waals surface area contributed by atoms with E-state index < -0.39 is 0 Å². The zero-order valence-corrected chi connectivity index (χ0v) is 19.5. The normalized spacial score (nSPS) is 11.1. The van der Waals surface area contributed by atoms with E-state index in [1.54, 1.807) is 0 Å². The molecule has 1 heterocycles. The number of rotatable bonds is 7. The molecule has 3 N–H and O–H groups in total. The van der Waals surface area contributed by atoms with Crippen molar-refractivity contribution in [1.82, 2.24) is 20.2 Å². The van der Waals surface area contributed by atoms with Crippen LogP contribution in [0.25, 0.3) is 17.1 Å². The Morgan fingerprint density at radius 2 is 1.82 bits per heavy atom. The van der Waals surface area contributed by atoms with Crippen molar-refractivity contribution >= 4 is 39.8 Å². The second kappa shape index (κ2) is 10.3. The maximum absolute atomic E-state index is 12.3. The van der Waals surface area contributed by atoms with Gasteiger partial charge in [-0.15, -0.1) is 10.2 Å². The highest BCUT2D eigenvalue weighted by Gasteiger charge is 2.17. The van der Waals surface area contributed by atoms with Crippen molar-refractivity contribution in [2.75, 3.05) is 5.75 Å². The van der Waals surface area contributed by atoms with Crippen LogP contribution in [0.5, 0.6) is 11.5 Å². The van der Waals surface area contributed by atoms with E-state index in [2.05, 4.69) is 36.7 Å². The molecule has 10 heteroatoms. The lowest BCUT2D eigenvalue weighted by molar-refractivity contribution is -0.118. The fourth-order valence-electron chi connectivity index (χ4n) is 2.94. The van der Waals surface area contributed by atoms with Gasteiger partial charge in [-0.25, -0.2) is 5.43 Å². The van der Waals surface area contributed by atoms with Crippen LogP contribution in [-0.4, -0.2) is 42.9 Å². The van der Waals surface area contributed by atoms with E-state index in [4.69, 9.17) is 0 Å². The van der Waals surface area contributed by atoms with Crippen LogP contribution in [-0.2, 0) is 4.79 Å². The molecule has 0 spiro atoms. The summed E-state index contributed by atoms with van der Waals surface area (Å²) in [4.78, 5) is 12.3. The maximum Gasteiger partial charge on any atom is 0.250 e. The van der Waals surface area contributed by atoms with Crippen molar-refractivity contribution in [1.29, 1.82) is 0 Å². The molecule has 1 amide bonds. The Hall–Kier alpha value is -3.63. The Labute approximate surface area is 202 Å². The van der Waals surface area contributed by atoms with Gasteiger partial charge in [0.05, 0.1) is 12.0 Å². The van der Waals surface area contributed by atoms with Gasteiger partial charge in [-0.05, 0) is 36.4 Å². The molecule has 33 heavy (non-hydrogen) atoms. The summed E-state index contributed by atoms with van der Waals surface area (Å²) in [5.41, 5.74) is 4.56. The second-order valence-electron chi connectivity index (χ2n) is 6.81. The molecule has 4 aromatic rings. The molecule has 3 aromatic carbocycles. The average Bonchev–Trinajstić information content (AvgIpc) is 3.24. The number of amides is 1. The minimum absolute atomic E-state index is 0.0579. The number of hydrogen-bond acceptors (Lipinski definition) is 7. The van der Waals surface area contributed by atoms with E-state index in [9.17, 15) is 15.0 Å². The third-order valence-corrected chi connectivity index (χ3v) is 5.95. The number of carbonyl (C=O) groups excluding carboxylic acids is 1. The van der Waals surface area contributed by atoms with E-state index in [-0.39, 0.29) is 23.2 Å². The first-order valence-electron chi connectivity index (χ1n) is 9.75. The first-order valence-corrected chi connectivity index (χ1v) is 11.5. The molecule has 0 aliphatic carbocycles. The quantitative estimate of drug-likeness (QED) is 0.188. The number of aromatic hydroxyl groups is 2. The van der Waals surface area contributed by atoms with Gasteiger partial charge < -0.3 is 10.2 Å². The summed E-state index contributed by atoms with van der Waals surface area (Å²) in [6.45, 7) is 0. The van der Waals surface area contributed by atoms with E-state index in [0.29, 0.717) is 16.5 Å². The fraction of sp³-hybridized carbons (Fsp3) is 0.0435. The number of nitrogens with one attached hydrogen (secondary N) is 1. The van der Waals surface area contributed by atoms with Crippen LogP contribution in [0, 0.1) is 0 Å². The van der Waals surface area contributed by atoms with Crippen molar-refractivity contribution in [3.8, 4) is 28.6 Å². The third kappa shape index (κ3) is 5.60. The Morgan fingerprint density at radius 3 is 2.55 bits per heavy atom. The van der Waals surface area contributed by atoms with Crippen LogP contribution in [0.1, 0.15) is 5.56 Å². The SMILES string of the molecule is O=C(CSc1nnc(-c2ccccc2)n1-c1ccc(Br)cc1)NN=Cc1ccc(O)cc1O. The van der Waals surface area contributed by atoms with Crippen LogP contribution in [0.4, 0.5) is 0 Å². The van der Waals surface area contributed by atoms with Gasteiger partial charge in [0, 0.05) is 27.4 Å². The van der Waals surface area contributed by atoms with E-state index in [0.717, 1.165) is 15.7 Å². The monoisotopic (exact) mass is 523 g/mol. The van der Waals surface area contributed by atoms with E-state index in [1.165, 1.54) is 36.2 Å². The maximum atomic E-state index is 12.3. The number of phenols is 2. The highest BCUT2D eigenvalue weighted by Crippen LogP contribution is 2.28. The molecule has 4 rings (SSSR count). The number of phenolic OH excluding ortho intramolecular Hbond substituents is 2. The summed E-state index contributed by atoms with van der Waals surface area (Å²) in [7, 11) is 0. The van der Waals surface area contributed by atoms with Gasteiger partial charge in [-0.1, -0.05) is 58.0 Å². The van der Waals surface area contributed by atoms with Crippen LogP contribution in [0.3, 0.4) is 0 Å². The first-order chi connectivity index (χ1) is 16.0. The van der Waals surface area contributed by atoms with Gasteiger partial charge in [-0.2, -0.15) is 5.10 Å². The first kappa shape index (κ1) is 22.6. The van der Waals surface area contributed by atoms with Gasteiger partial charge in [0.15, 0.2) is 11.0 Å². The predicted octanol–water partition coefficient (Wildman–Crippen LogP) is 4.35. The molecule has 0 fully saturated rings. The summed E-state index contributed by atoms with van der Waals surface area (Å²) in [6, 6.07) is 21.5. The zero-order chi connectivity index (χ0) is 23.2. The van der Waals surface area contributed by atoms with Gasteiger partial charge in [0.1, 0.15) is 11.5 Å². The largest absolute Gasteiger partial charge is 0.508 e. The molecule has 0 atom stereocenters. The van der Waals surface area contributed by atoms with Crippen molar-refractivity contribution in [2.24, 2.45) is 5.10 Å². The molecular formula is C23H18BrN5O3S.